The van der Waals surface area contributed by atoms with E-state index in [0.29, 0.717) is 26.2 Å². The summed E-state index contributed by atoms with van der Waals surface area (Å²) in [7, 11) is 1.20. The highest BCUT2D eigenvalue weighted by Gasteiger charge is 2.31. The van der Waals surface area contributed by atoms with Crippen LogP contribution in [0.2, 0.25) is 0 Å². The third-order valence-corrected chi connectivity index (χ3v) is 3.26. The number of methoxy groups -OCH3 is 1. The van der Waals surface area contributed by atoms with E-state index in [4.69, 9.17) is 4.74 Å². The van der Waals surface area contributed by atoms with Crippen LogP contribution in [0, 0.1) is 17.5 Å². The normalized spacial score (nSPS) is 17.8. The van der Waals surface area contributed by atoms with Gasteiger partial charge in [-0.15, -0.1) is 0 Å². The summed E-state index contributed by atoms with van der Waals surface area (Å²) in [5, 5.41) is 3.11. The first-order valence-electron chi connectivity index (χ1n) is 6.21. The maximum absolute atomic E-state index is 13.3. The molecule has 0 bridgehead atoms. The van der Waals surface area contributed by atoms with Crippen LogP contribution in [0.3, 0.4) is 0 Å². The molecule has 1 aliphatic heterocycles. The van der Waals surface area contributed by atoms with Gasteiger partial charge in [-0.2, -0.15) is 0 Å². The largest absolute Gasteiger partial charge is 0.468 e. The Hall–Kier alpha value is -1.60. The molecular formula is C13H15F3N2O2. The van der Waals surface area contributed by atoms with Gasteiger partial charge in [-0.05, 0) is 17.7 Å². The summed E-state index contributed by atoms with van der Waals surface area (Å²) < 4.78 is 44.4. The van der Waals surface area contributed by atoms with Gasteiger partial charge in [0.1, 0.15) is 6.04 Å². The highest BCUT2D eigenvalue weighted by molar-refractivity contribution is 5.77. The second-order valence-electron chi connectivity index (χ2n) is 4.51. The monoisotopic (exact) mass is 288 g/mol. The summed E-state index contributed by atoms with van der Waals surface area (Å²) in [5.74, 6) is -4.80. The molecular weight excluding hydrogens is 273 g/mol. The molecule has 1 aromatic rings. The molecule has 1 aromatic carbocycles. The molecule has 1 atom stereocenters. The van der Waals surface area contributed by atoms with Crippen molar-refractivity contribution in [2.45, 2.75) is 6.04 Å². The Labute approximate surface area is 114 Å². The van der Waals surface area contributed by atoms with Crippen LogP contribution in [-0.4, -0.2) is 44.2 Å². The van der Waals surface area contributed by atoms with Gasteiger partial charge in [-0.3, -0.25) is 4.90 Å². The van der Waals surface area contributed by atoms with E-state index in [2.05, 4.69) is 5.32 Å². The van der Waals surface area contributed by atoms with E-state index in [1.165, 1.54) is 7.11 Å². The number of piperazine rings is 1. The van der Waals surface area contributed by atoms with Crippen molar-refractivity contribution >= 4 is 5.97 Å². The van der Waals surface area contributed by atoms with Crippen molar-refractivity contribution in [3.05, 3.63) is 35.1 Å². The van der Waals surface area contributed by atoms with Crippen molar-refractivity contribution in [2.24, 2.45) is 0 Å². The van der Waals surface area contributed by atoms with Gasteiger partial charge in [0.25, 0.3) is 0 Å². The molecule has 20 heavy (non-hydrogen) atoms. The van der Waals surface area contributed by atoms with Gasteiger partial charge in [0, 0.05) is 26.2 Å². The lowest BCUT2D eigenvalue weighted by atomic mass is 10.0. The van der Waals surface area contributed by atoms with Crippen LogP contribution in [0.15, 0.2) is 12.1 Å². The predicted molar refractivity (Wildman–Crippen MR) is 65.5 cm³/mol. The lowest BCUT2D eigenvalue weighted by Crippen LogP contribution is -2.47. The van der Waals surface area contributed by atoms with Crippen LogP contribution < -0.4 is 5.32 Å². The molecule has 1 N–H and O–H groups in total. The maximum atomic E-state index is 13.3. The molecule has 7 heteroatoms. The molecule has 4 nitrogen and oxygen atoms in total. The average Bonchev–Trinajstić information content (AvgIpc) is 2.46. The zero-order valence-electron chi connectivity index (χ0n) is 11.0. The molecule has 1 heterocycles. The third kappa shape index (κ3) is 2.94. The van der Waals surface area contributed by atoms with Gasteiger partial charge in [0.2, 0.25) is 0 Å². The lowest BCUT2D eigenvalue weighted by Gasteiger charge is -2.33. The van der Waals surface area contributed by atoms with E-state index in [1.807, 2.05) is 0 Å². The van der Waals surface area contributed by atoms with E-state index in [1.54, 1.807) is 4.90 Å². The Kier molecular flexibility index (Phi) is 4.61. The Morgan fingerprint density at radius 3 is 2.30 bits per heavy atom. The molecule has 0 amide bonds. The van der Waals surface area contributed by atoms with E-state index >= 15 is 0 Å². The van der Waals surface area contributed by atoms with E-state index in [0.717, 1.165) is 12.1 Å². The standard InChI is InChI=1S/C13H15F3N2O2/c1-20-13(19)12(18-4-2-17-3-5-18)8-6-9(14)11(16)10(15)7-8/h6-7,12,17H,2-5H2,1H3. The first-order chi connectivity index (χ1) is 9.54. The number of carbonyl (C=O) groups is 1. The molecule has 0 radical (unpaired) electrons. The fraction of sp³-hybridized carbons (Fsp3) is 0.462. The van der Waals surface area contributed by atoms with Gasteiger partial charge < -0.3 is 10.1 Å². The Bertz CT molecular complexity index is 481. The first-order valence-corrected chi connectivity index (χ1v) is 6.21. The third-order valence-electron chi connectivity index (χ3n) is 3.26. The fourth-order valence-electron chi connectivity index (χ4n) is 2.28. The number of nitrogens with one attached hydrogen (secondary N) is 1. The number of hydrogen-bond donors (Lipinski definition) is 1. The highest BCUT2D eigenvalue weighted by Crippen LogP contribution is 2.25. The van der Waals surface area contributed by atoms with Gasteiger partial charge in [0.05, 0.1) is 7.11 Å². The van der Waals surface area contributed by atoms with Crippen LogP contribution in [0.25, 0.3) is 0 Å². The molecule has 1 saturated heterocycles. The number of benzene rings is 1. The SMILES string of the molecule is COC(=O)C(c1cc(F)c(F)c(F)c1)N1CCNCC1. The van der Waals surface area contributed by atoms with Crippen LogP contribution in [0.1, 0.15) is 11.6 Å². The van der Waals surface area contributed by atoms with Crippen LogP contribution in [0.4, 0.5) is 13.2 Å². The number of carbonyl (C=O) groups excluding carboxylic acids is 1. The number of ether oxygens (including phenoxy) is 1. The minimum Gasteiger partial charge on any atom is -0.468 e. The summed E-state index contributed by atoms with van der Waals surface area (Å²) in [5.41, 5.74) is 0.0511. The Morgan fingerprint density at radius 2 is 1.80 bits per heavy atom. The zero-order chi connectivity index (χ0) is 14.7. The van der Waals surface area contributed by atoms with Crippen LogP contribution in [0.5, 0.6) is 0 Å². The molecule has 1 fully saturated rings. The highest BCUT2D eigenvalue weighted by atomic mass is 19.2. The van der Waals surface area contributed by atoms with Crippen molar-refractivity contribution in [3.8, 4) is 0 Å². The van der Waals surface area contributed by atoms with E-state index in [9.17, 15) is 18.0 Å². The molecule has 0 spiro atoms. The lowest BCUT2D eigenvalue weighted by molar-refractivity contribution is -0.147. The minimum absolute atomic E-state index is 0.0511. The average molecular weight is 288 g/mol. The second-order valence-corrected chi connectivity index (χ2v) is 4.51. The quantitative estimate of drug-likeness (QED) is 0.671. The minimum atomic E-state index is -1.54. The Morgan fingerprint density at radius 1 is 1.25 bits per heavy atom. The predicted octanol–water partition coefficient (Wildman–Crippen LogP) is 1.22. The van der Waals surface area contributed by atoms with Crippen molar-refractivity contribution in [3.63, 3.8) is 0 Å². The molecule has 0 aliphatic carbocycles. The molecule has 1 aliphatic rings. The van der Waals surface area contributed by atoms with E-state index in [-0.39, 0.29) is 5.56 Å². The molecule has 2 rings (SSSR count). The maximum Gasteiger partial charge on any atom is 0.327 e. The summed E-state index contributed by atoms with van der Waals surface area (Å²) >= 11 is 0. The van der Waals surface area contributed by atoms with Crippen LogP contribution in [-0.2, 0) is 9.53 Å². The van der Waals surface area contributed by atoms with Crippen molar-refractivity contribution < 1.29 is 22.7 Å². The van der Waals surface area contributed by atoms with Crippen molar-refractivity contribution in [1.29, 1.82) is 0 Å². The number of esters is 1. The van der Waals surface area contributed by atoms with Gasteiger partial charge in [-0.25, -0.2) is 18.0 Å². The smallest absolute Gasteiger partial charge is 0.327 e. The number of hydrogen-bond acceptors (Lipinski definition) is 4. The topological polar surface area (TPSA) is 41.6 Å². The first kappa shape index (κ1) is 14.8. The summed E-state index contributed by atoms with van der Waals surface area (Å²) in [6, 6.07) is 0.732. The summed E-state index contributed by atoms with van der Waals surface area (Å²) in [4.78, 5) is 13.6. The number of nitrogens with zero attached hydrogens (tertiary/aromatic N) is 1. The molecule has 0 aromatic heterocycles. The molecule has 1 unspecified atom stereocenters. The van der Waals surface area contributed by atoms with Crippen molar-refractivity contribution in [2.75, 3.05) is 33.3 Å². The van der Waals surface area contributed by atoms with E-state index < -0.39 is 29.5 Å². The second kappa shape index (κ2) is 6.23. The molecule has 0 saturated carbocycles. The number of rotatable bonds is 3. The van der Waals surface area contributed by atoms with Gasteiger partial charge >= 0.3 is 5.97 Å². The fourth-order valence-corrected chi connectivity index (χ4v) is 2.28. The molecule has 110 valence electrons. The van der Waals surface area contributed by atoms with Crippen LogP contribution >= 0.6 is 0 Å². The van der Waals surface area contributed by atoms with Gasteiger partial charge in [-0.1, -0.05) is 0 Å². The Balaban J connectivity index is 2.37. The summed E-state index contributed by atoms with van der Waals surface area (Å²) in [6.45, 7) is 2.36. The summed E-state index contributed by atoms with van der Waals surface area (Å²) in [6.07, 6.45) is 0. The van der Waals surface area contributed by atoms with Gasteiger partial charge in [0.15, 0.2) is 17.5 Å². The van der Waals surface area contributed by atoms with Crippen molar-refractivity contribution in [1.82, 2.24) is 10.2 Å². The zero-order valence-corrected chi connectivity index (χ0v) is 11.0. The number of halogens is 3.